The van der Waals surface area contributed by atoms with E-state index in [1.807, 2.05) is 43.8 Å². The van der Waals surface area contributed by atoms with E-state index in [9.17, 15) is 0 Å². The smallest absolute Gasteiger partial charge is 0.158 e. The van der Waals surface area contributed by atoms with Gasteiger partial charge in [-0.05, 0) is 45.4 Å². The van der Waals surface area contributed by atoms with Crippen molar-refractivity contribution in [3.8, 4) is 11.4 Å². The van der Waals surface area contributed by atoms with Crippen molar-refractivity contribution in [3.05, 3.63) is 42.2 Å². The average molecular weight is 230 g/mol. The van der Waals surface area contributed by atoms with Gasteiger partial charge in [-0.15, -0.1) is 0 Å². The van der Waals surface area contributed by atoms with Gasteiger partial charge in [0.1, 0.15) is 5.60 Å². The molecule has 1 heterocycles. The Morgan fingerprint density at radius 3 is 2.65 bits per heavy atom. The molecule has 0 spiro atoms. The van der Waals surface area contributed by atoms with Crippen LogP contribution in [0.5, 0.6) is 5.75 Å². The highest BCUT2D eigenvalue weighted by molar-refractivity contribution is 5.35. The van der Waals surface area contributed by atoms with Gasteiger partial charge in [0.25, 0.3) is 0 Å². The fourth-order valence-corrected chi connectivity index (χ4v) is 1.62. The van der Waals surface area contributed by atoms with Crippen LogP contribution in [0.2, 0.25) is 0 Å². The second-order valence-corrected chi connectivity index (χ2v) is 5.17. The molecule has 90 valence electrons. The summed E-state index contributed by atoms with van der Waals surface area (Å²) in [5.74, 6) is 0.791. The maximum absolute atomic E-state index is 5.75. The molecule has 0 aliphatic carbocycles. The Bertz CT molecular complexity index is 509. The average Bonchev–Trinajstić information content (AvgIpc) is 2.63. The van der Waals surface area contributed by atoms with E-state index in [4.69, 9.17) is 4.74 Å². The van der Waals surface area contributed by atoms with E-state index in [1.54, 1.807) is 6.20 Å². The molecule has 0 aliphatic rings. The van der Waals surface area contributed by atoms with E-state index in [2.05, 4.69) is 24.2 Å². The lowest BCUT2D eigenvalue weighted by molar-refractivity contribution is 0.131. The van der Waals surface area contributed by atoms with Crippen LogP contribution in [0.15, 0.2) is 36.7 Å². The highest BCUT2D eigenvalue weighted by Crippen LogP contribution is 2.19. The lowest BCUT2D eigenvalue weighted by atomic mass is 10.2. The first-order valence-electron chi connectivity index (χ1n) is 5.75. The molecular formula is C14H18N2O. The van der Waals surface area contributed by atoms with E-state index in [0.29, 0.717) is 0 Å². The van der Waals surface area contributed by atoms with Gasteiger partial charge in [0.15, 0.2) is 5.75 Å². The summed E-state index contributed by atoms with van der Waals surface area (Å²) in [4.78, 5) is 0. The molecule has 0 bridgehead atoms. The fraction of sp³-hybridized carbons (Fsp3) is 0.357. The Labute approximate surface area is 102 Å². The topological polar surface area (TPSA) is 27.1 Å². The minimum Gasteiger partial charge on any atom is -0.485 e. The molecule has 0 atom stereocenters. The molecule has 2 rings (SSSR count). The third-order valence-corrected chi connectivity index (χ3v) is 2.25. The number of rotatable bonds is 2. The first-order valence-corrected chi connectivity index (χ1v) is 5.75. The highest BCUT2D eigenvalue weighted by atomic mass is 16.5. The molecule has 2 aromatic rings. The minimum absolute atomic E-state index is 0.194. The van der Waals surface area contributed by atoms with Crippen molar-refractivity contribution in [2.24, 2.45) is 0 Å². The molecule has 0 N–H and O–H groups in total. The second kappa shape index (κ2) is 4.24. The summed E-state index contributed by atoms with van der Waals surface area (Å²) in [5.41, 5.74) is 2.07. The molecule has 0 aliphatic heterocycles. The van der Waals surface area contributed by atoms with Gasteiger partial charge in [-0.1, -0.05) is 12.1 Å². The SMILES string of the molecule is Cc1cccc(-n2cc(OC(C)(C)C)cn2)c1. The molecule has 0 unspecified atom stereocenters. The number of nitrogens with zero attached hydrogens (tertiary/aromatic N) is 2. The molecule has 0 saturated heterocycles. The zero-order valence-corrected chi connectivity index (χ0v) is 10.8. The van der Waals surface area contributed by atoms with E-state index in [-0.39, 0.29) is 5.60 Å². The van der Waals surface area contributed by atoms with Crippen LogP contribution in [-0.4, -0.2) is 15.4 Å². The fourth-order valence-electron chi connectivity index (χ4n) is 1.62. The van der Waals surface area contributed by atoms with E-state index < -0.39 is 0 Å². The Hall–Kier alpha value is -1.77. The summed E-state index contributed by atoms with van der Waals surface area (Å²) in [6, 6.07) is 8.21. The van der Waals surface area contributed by atoms with Gasteiger partial charge in [-0.3, -0.25) is 0 Å². The number of benzene rings is 1. The van der Waals surface area contributed by atoms with Crippen LogP contribution >= 0.6 is 0 Å². The number of aryl methyl sites for hydroxylation is 1. The standard InChI is InChI=1S/C14H18N2O/c1-11-6-5-7-12(8-11)16-10-13(9-15-16)17-14(2,3)4/h5-10H,1-4H3. The number of hydrogen-bond acceptors (Lipinski definition) is 2. The Kier molecular flexibility index (Phi) is 2.92. The second-order valence-electron chi connectivity index (χ2n) is 5.17. The normalized spacial score (nSPS) is 11.5. The van der Waals surface area contributed by atoms with Crippen LogP contribution in [0.1, 0.15) is 26.3 Å². The molecule has 0 radical (unpaired) electrons. The van der Waals surface area contributed by atoms with Crippen LogP contribution < -0.4 is 4.74 Å². The van der Waals surface area contributed by atoms with E-state index in [1.165, 1.54) is 5.56 Å². The van der Waals surface area contributed by atoms with Crippen molar-refractivity contribution < 1.29 is 4.74 Å². The first kappa shape index (κ1) is 11.7. The lowest BCUT2D eigenvalue weighted by Gasteiger charge is -2.19. The monoisotopic (exact) mass is 230 g/mol. The van der Waals surface area contributed by atoms with Crippen LogP contribution in [0, 0.1) is 6.92 Å². The number of ether oxygens (including phenoxy) is 1. The van der Waals surface area contributed by atoms with E-state index in [0.717, 1.165) is 11.4 Å². The van der Waals surface area contributed by atoms with Gasteiger partial charge >= 0.3 is 0 Å². The van der Waals surface area contributed by atoms with E-state index >= 15 is 0 Å². The van der Waals surface area contributed by atoms with Crippen LogP contribution in [0.3, 0.4) is 0 Å². The maximum Gasteiger partial charge on any atom is 0.158 e. The summed E-state index contributed by atoms with van der Waals surface area (Å²) < 4.78 is 7.58. The highest BCUT2D eigenvalue weighted by Gasteiger charge is 2.13. The van der Waals surface area contributed by atoms with Gasteiger partial charge in [-0.2, -0.15) is 5.10 Å². The van der Waals surface area contributed by atoms with Crippen LogP contribution in [-0.2, 0) is 0 Å². The molecular weight excluding hydrogens is 212 g/mol. The summed E-state index contributed by atoms with van der Waals surface area (Å²) in [6.45, 7) is 8.14. The van der Waals surface area contributed by atoms with Crippen molar-refractivity contribution >= 4 is 0 Å². The minimum atomic E-state index is -0.194. The van der Waals surface area contributed by atoms with Gasteiger partial charge in [0, 0.05) is 0 Å². The Balaban J connectivity index is 2.24. The third-order valence-electron chi connectivity index (χ3n) is 2.25. The molecule has 0 saturated carbocycles. The molecule has 0 amide bonds. The van der Waals surface area contributed by atoms with Crippen molar-refractivity contribution in [3.63, 3.8) is 0 Å². The Morgan fingerprint density at radius 1 is 1.24 bits per heavy atom. The maximum atomic E-state index is 5.75. The van der Waals surface area contributed by atoms with Crippen LogP contribution in [0.25, 0.3) is 5.69 Å². The Morgan fingerprint density at radius 2 is 2.00 bits per heavy atom. The summed E-state index contributed by atoms with van der Waals surface area (Å²) in [7, 11) is 0. The predicted octanol–water partition coefficient (Wildman–Crippen LogP) is 3.36. The molecule has 1 aromatic carbocycles. The van der Waals surface area contributed by atoms with Crippen molar-refractivity contribution in [2.75, 3.05) is 0 Å². The predicted molar refractivity (Wildman–Crippen MR) is 68.7 cm³/mol. The quantitative estimate of drug-likeness (QED) is 0.791. The summed E-state index contributed by atoms with van der Waals surface area (Å²) >= 11 is 0. The zero-order chi connectivity index (χ0) is 12.5. The largest absolute Gasteiger partial charge is 0.485 e. The van der Waals surface area contributed by atoms with Gasteiger partial charge in [0.05, 0.1) is 18.1 Å². The first-order chi connectivity index (χ1) is 7.94. The van der Waals surface area contributed by atoms with Crippen molar-refractivity contribution in [1.29, 1.82) is 0 Å². The molecule has 1 aromatic heterocycles. The van der Waals surface area contributed by atoms with Gasteiger partial charge in [-0.25, -0.2) is 4.68 Å². The lowest BCUT2D eigenvalue weighted by Crippen LogP contribution is -2.22. The summed E-state index contributed by atoms with van der Waals surface area (Å²) in [6.07, 6.45) is 3.65. The van der Waals surface area contributed by atoms with Gasteiger partial charge in [0.2, 0.25) is 0 Å². The number of hydrogen-bond donors (Lipinski definition) is 0. The van der Waals surface area contributed by atoms with Crippen molar-refractivity contribution in [2.45, 2.75) is 33.3 Å². The molecule has 3 heteroatoms. The zero-order valence-electron chi connectivity index (χ0n) is 10.8. The van der Waals surface area contributed by atoms with Gasteiger partial charge < -0.3 is 4.74 Å². The molecule has 3 nitrogen and oxygen atoms in total. The number of aromatic nitrogens is 2. The molecule has 0 fully saturated rings. The molecule has 17 heavy (non-hydrogen) atoms. The van der Waals surface area contributed by atoms with Crippen molar-refractivity contribution in [1.82, 2.24) is 9.78 Å². The van der Waals surface area contributed by atoms with Crippen LogP contribution in [0.4, 0.5) is 0 Å². The third kappa shape index (κ3) is 3.09. The summed E-state index contributed by atoms with van der Waals surface area (Å²) in [5, 5.41) is 4.30.